The van der Waals surface area contributed by atoms with E-state index in [0.29, 0.717) is 12.8 Å². The predicted molar refractivity (Wildman–Crippen MR) is 397 cm³/mol. The Bertz CT molecular complexity index is 1950. The molecule has 17 atom stereocenters. The number of carbonyl (C=O) groups excluding carboxylic acids is 1. The maximum absolute atomic E-state index is 13.4. The van der Waals surface area contributed by atoms with Crippen molar-refractivity contribution >= 4 is 5.91 Å². The third-order valence-electron chi connectivity index (χ3n) is 20.7. The normalized spacial score (nSPS) is 26.6. The summed E-state index contributed by atoms with van der Waals surface area (Å²) in [6, 6.07) is -0.995. The van der Waals surface area contributed by atoms with Gasteiger partial charge in [-0.1, -0.05) is 326 Å². The van der Waals surface area contributed by atoms with Crippen LogP contribution in [0.4, 0.5) is 0 Å². The summed E-state index contributed by atoms with van der Waals surface area (Å²) in [5.41, 5.74) is 0. The molecule has 0 saturated carbocycles. The average Bonchev–Trinajstić information content (AvgIpc) is 0.784. The van der Waals surface area contributed by atoms with Crippen molar-refractivity contribution in [3.8, 4) is 0 Å². The van der Waals surface area contributed by atoms with Crippen LogP contribution >= 0.6 is 0 Å². The van der Waals surface area contributed by atoms with Gasteiger partial charge in [-0.2, -0.15) is 0 Å². The van der Waals surface area contributed by atoms with Gasteiger partial charge in [0, 0.05) is 6.42 Å². The molecule has 3 rings (SSSR count). The number of hydrogen-bond donors (Lipinski definition) is 12. The smallest absolute Gasteiger partial charge is 0.220 e. The lowest BCUT2D eigenvalue weighted by Gasteiger charge is -2.48. The Hall–Kier alpha value is -1.99. The number of hydrogen-bond acceptors (Lipinski definition) is 18. The van der Waals surface area contributed by atoms with Crippen molar-refractivity contribution in [1.29, 1.82) is 0 Å². The quantitative estimate of drug-likeness (QED) is 0.0199. The highest BCUT2D eigenvalue weighted by molar-refractivity contribution is 5.76. The third kappa shape index (κ3) is 41.8. The summed E-state index contributed by atoms with van der Waals surface area (Å²) in [6.07, 6.45) is 50.5. The molecule has 19 nitrogen and oxygen atoms in total. The van der Waals surface area contributed by atoms with Crippen LogP contribution in [0.3, 0.4) is 0 Å². The molecule has 0 spiro atoms. The van der Waals surface area contributed by atoms with Crippen molar-refractivity contribution in [3.05, 3.63) is 36.5 Å². The molecule has 19 heteroatoms. The van der Waals surface area contributed by atoms with Crippen molar-refractivity contribution in [1.82, 2.24) is 5.32 Å². The van der Waals surface area contributed by atoms with Gasteiger partial charge in [0.25, 0.3) is 0 Å². The fourth-order valence-corrected chi connectivity index (χ4v) is 14.1. The van der Waals surface area contributed by atoms with Gasteiger partial charge in [0.15, 0.2) is 18.9 Å². The van der Waals surface area contributed by atoms with Crippen LogP contribution in [0.1, 0.15) is 341 Å². The first-order valence-electron chi connectivity index (χ1n) is 41.2. The van der Waals surface area contributed by atoms with E-state index in [1.165, 1.54) is 263 Å². The molecule has 0 bridgehead atoms. The van der Waals surface area contributed by atoms with E-state index in [-0.39, 0.29) is 18.9 Å². The van der Waals surface area contributed by atoms with Gasteiger partial charge in [-0.25, -0.2) is 0 Å². The van der Waals surface area contributed by atoms with E-state index in [2.05, 4.69) is 43.5 Å². The first-order valence-corrected chi connectivity index (χ1v) is 41.2. The van der Waals surface area contributed by atoms with Crippen molar-refractivity contribution in [2.45, 2.75) is 446 Å². The predicted octanol–water partition coefficient (Wildman–Crippen LogP) is 13.9. The van der Waals surface area contributed by atoms with Gasteiger partial charge in [0.2, 0.25) is 5.91 Å². The van der Waals surface area contributed by atoms with Gasteiger partial charge in [0.05, 0.1) is 38.6 Å². The molecular weight excluding hydrogens is 1270 g/mol. The first-order chi connectivity index (χ1) is 48.8. The molecule has 3 aliphatic rings. The highest BCUT2D eigenvalue weighted by atomic mass is 16.8. The molecule has 0 radical (unpaired) electrons. The molecule has 3 fully saturated rings. The zero-order valence-electron chi connectivity index (χ0n) is 62.9. The lowest BCUT2D eigenvalue weighted by Crippen LogP contribution is -2.66. The number of carbonyl (C=O) groups is 1. The number of rotatable bonds is 66. The molecule has 0 aliphatic carbocycles. The summed E-state index contributed by atoms with van der Waals surface area (Å²) in [6.45, 7) is 1.72. The molecule has 100 heavy (non-hydrogen) atoms. The molecule has 12 N–H and O–H groups in total. The number of aliphatic hydroxyl groups is 11. The number of ether oxygens (including phenoxy) is 6. The first kappa shape index (κ1) is 92.2. The van der Waals surface area contributed by atoms with Gasteiger partial charge in [-0.05, 0) is 44.9 Å². The van der Waals surface area contributed by atoms with Crippen molar-refractivity contribution in [2.75, 3.05) is 26.4 Å². The van der Waals surface area contributed by atoms with Crippen molar-refractivity contribution in [3.63, 3.8) is 0 Å². The lowest BCUT2D eigenvalue weighted by molar-refractivity contribution is -0.379. The highest BCUT2D eigenvalue weighted by Gasteiger charge is 2.54. The molecule has 17 unspecified atom stereocenters. The van der Waals surface area contributed by atoms with Crippen LogP contribution in [-0.2, 0) is 33.2 Å². The summed E-state index contributed by atoms with van der Waals surface area (Å²) in [4.78, 5) is 13.4. The summed E-state index contributed by atoms with van der Waals surface area (Å²) in [5, 5.41) is 121. The standard InChI is InChI=1S/C81H151NO18/c1-3-5-7-9-11-13-15-17-19-20-21-22-23-24-25-26-27-28-29-30-31-32-33-34-35-36-37-38-39-40-41-42-43-44-45-47-49-51-53-55-57-59-69(87)82-64(65(86)58-56-54-52-50-48-46-18-16-14-12-10-8-6-4-2)63-95-79-75(93)72(90)77(67(61-84)97-79)100-81-76(94)73(91)78(68(62-85)98-81)99-80-74(92)71(89)70(88)66(60-83)96-80/h14,16,48,50,56,58,64-68,70-81,83-86,88-94H,3-13,15,17-47,49,51-55,57,59-63H2,1-2H3,(H,82,87)/b16-14+,50-48+,58-56+. The van der Waals surface area contributed by atoms with E-state index in [4.69, 9.17) is 28.4 Å². The minimum absolute atomic E-state index is 0.236. The Morgan fingerprint density at radius 3 is 1.00 bits per heavy atom. The van der Waals surface area contributed by atoms with Crippen LogP contribution in [0, 0.1) is 0 Å². The van der Waals surface area contributed by atoms with Gasteiger partial charge < -0.3 is 89.9 Å². The van der Waals surface area contributed by atoms with Crippen molar-refractivity contribution in [2.24, 2.45) is 0 Å². The molecular formula is C81H151NO18. The summed E-state index contributed by atoms with van der Waals surface area (Å²) >= 11 is 0. The van der Waals surface area contributed by atoms with E-state index in [1.807, 2.05) is 6.08 Å². The van der Waals surface area contributed by atoms with Crippen LogP contribution < -0.4 is 5.32 Å². The lowest BCUT2D eigenvalue weighted by atomic mass is 9.96. The Morgan fingerprint density at radius 2 is 0.640 bits per heavy atom. The molecule has 3 saturated heterocycles. The molecule has 0 aromatic heterocycles. The second-order valence-corrected chi connectivity index (χ2v) is 29.6. The monoisotopic (exact) mass is 1430 g/mol. The Balaban J connectivity index is 1.26. The Morgan fingerprint density at radius 1 is 0.350 bits per heavy atom. The second-order valence-electron chi connectivity index (χ2n) is 29.6. The van der Waals surface area contributed by atoms with Gasteiger partial charge in [-0.3, -0.25) is 4.79 Å². The maximum Gasteiger partial charge on any atom is 0.220 e. The molecule has 1 amide bonds. The van der Waals surface area contributed by atoms with Crippen LogP contribution in [0.2, 0.25) is 0 Å². The summed E-state index contributed by atoms with van der Waals surface area (Å²) < 4.78 is 34.4. The van der Waals surface area contributed by atoms with Crippen LogP contribution in [-0.4, -0.2) is 193 Å². The topological polar surface area (TPSA) is 307 Å². The van der Waals surface area contributed by atoms with E-state index < -0.39 is 124 Å². The summed E-state index contributed by atoms with van der Waals surface area (Å²) in [5.74, 6) is -0.284. The second kappa shape index (κ2) is 62.1. The molecule has 588 valence electrons. The zero-order chi connectivity index (χ0) is 72.5. The molecule has 3 heterocycles. The third-order valence-corrected chi connectivity index (χ3v) is 20.7. The fraction of sp³-hybridized carbons (Fsp3) is 0.914. The van der Waals surface area contributed by atoms with Crippen LogP contribution in [0.25, 0.3) is 0 Å². The van der Waals surface area contributed by atoms with E-state index in [9.17, 15) is 61.0 Å². The van der Waals surface area contributed by atoms with Gasteiger partial charge in [0.1, 0.15) is 73.2 Å². The minimum Gasteiger partial charge on any atom is -0.394 e. The van der Waals surface area contributed by atoms with Gasteiger partial charge in [-0.15, -0.1) is 0 Å². The maximum atomic E-state index is 13.4. The van der Waals surface area contributed by atoms with Crippen molar-refractivity contribution < 1.29 is 89.4 Å². The zero-order valence-corrected chi connectivity index (χ0v) is 62.9. The number of unbranched alkanes of at least 4 members (excludes halogenated alkanes) is 46. The van der Waals surface area contributed by atoms with Crippen LogP contribution in [0.5, 0.6) is 0 Å². The highest BCUT2D eigenvalue weighted by Crippen LogP contribution is 2.33. The fourth-order valence-electron chi connectivity index (χ4n) is 14.1. The molecule has 3 aliphatic heterocycles. The number of aliphatic hydroxyl groups excluding tert-OH is 11. The SMILES string of the molecule is CCCCCC/C=C/CC/C=C/CC/C=C/C(O)C(COC1OC(CO)C(OC2OC(CO)C(OC3OC(CO)C(O)C(O)C3O)C(O)C2O)C(O)C1O)NC(=O)CCCCCCCCCCCCCCCCCCCCCCCCCCCCCCCCCCCCCCCCCCC. The minimum atomic E-state index is -1.98. The molecule has 0 aromatic carbocycles. The Kier molecular flexibility index (Phi) is 57.3. The number of nitrogens with one attached hydrogen (secondary N) is 1. The number of allylic oxidation sites excluding steroid dienone is 5. The average molecular weight is 1430 g/mol. The summed E-state index contributed by atoms with van der Waals surface area (Å²) in [7, 11) is 0. The molecule has 0 aromatic rings. The van der Waals surface area contributed by atoms with Crippen LogP contribution in [0.15, 0.2) is 36.5 Å². The number of amides is 1. The van der Waals surface area contributed by atoms with E-state index in [1.54, 1.807) is 6.08 Å². The largest absolute Gasteiger partial charge is 0.394 e. The van der Waals surface area contributed by atoms with Gasteiger partial charge >= 0.3 is 0 Å². The van der Waals surface area contributed by atoms with E-state index >= 15 is 0 Å². The van der Waals surface area contributed by atoms with E-state index in [0.717, 1.165) is 44.9 Å². The Labute approximate surface area is 606 Å².